The number of hydrogen-bond acceptors (Lipinski definition) is 5. The van der Waals surface area contributed by atoms with Gasteiger partial charge in [0, 0.05) is 24.5 Å². The van der Waals surface area contributed by atoms with Gasteiger partial charge in [0.25, 0.3) is 0 Å². The molecular weight excluding hydrogens is 374 g/mol. The molecule has 0 atom stereocenters. The predicted molar refractivity (Wildman–Crippen MR) is 113 cm³/mol. The highest BCUT2D eigenvalue weighted by Gasteiger charge is 2.17. The molecule has 0 unspecified atom stereocenters. The van der Waals surface area contributed by atoms with Crippen molar-refractivity contribution in [3.05, 3.63) is 59.9 Å². The number of benzene rings is 1. The van der Waals surface area contributed by atoms with Crippen LogP contribution in [-0.2, 0) is 16.1 Å². The van der Waals surface area contributed by atoms with Crippen LogP contribution < -0.4 is 10.2 Å². The van der Waals surface area contributed by atoms with Crippen LogP contribution in [-0.4, -0.2) is 28.6 Å². The Labute approximate surface area is 170 Å². The van der Waals surface area contributed by atoms with Crippen LogP contribution in [0.4, 0.5) is 5.69 Å². The van der Waals surface area contributed by atoms with Gasteiger partial charge in [-0.25, -0.2) is 4.79 Å². The fourth-order valence-electron chi connectivity index (χ4n) is 2.56. The Morgan fingerprint density at radius 2 is 1.93 bits per heavy atom. The molecule has 148 valence electrons. The second kappa shape index (κ2) is 10.5. The number of nitrogens with zero attached hydrogens (tertiary/aromatic N) is 2. The summed E-state index contributed by atoms with van der Waals surface area (Å²) < 4.78 is 5.02. The molecule has 7 heteroatoms. The smallest absolute Gasteiger partial charge is 0.338 e. The maximum Gasteiger partial charge on any atom is 0.338 e. The third kappa shape index (κ3) is 6.42. The SMILES string of the molecule is CCOC(=O)c1ccc(N(Cc2cccnc2)C(=S)NC(=O)CC(C)C)cc1. The second-order valence-electron chi connectivity index (χ2n) is 6.67. The van der Waals surface area contributed by atoms with Gasteiger partial charge >= 0.3 is 5.97 Å². The molecule has 6 nitrogen and oxygen atoms in total. The molecule has 1 heterocycles. The molecule has 0 aliphatic rings. The van der Waals surface area contributed by atoms with Gasteiger partial charge in [-0.3, -0.25) is 9.78 Å². The van der Waals surface area contributed by atoms with Crippen molar-refractivity contribution in [3.8, 4) is 0 Å². The number of carbonyl (C=O) groups is 2. The van der Waals surface area contributed by atoms with E-state index in [2.05, 4.69) is 10.3 Å². The zero-order chi connectivity index (χ0) is 20.5. The molecule has 0 aliphatic heterocycles. The van der Waals surface area contributed by atoms with E-state index in [1.807, 2.05) is 26.0 Å². The quantitative estimate of drug-likeness (QED) is 0.565. The summed E-state index contributed by atoms with van der Waals surface area (Å²) in [4.78, 5) is 30.0. The molecule has 0 spiro atoms. The monoisotopic (exact) mass is 399 g/mol. The molecule has 0 fully saturated rings. The summed E-state index contributed by atoms with van der Waals surface area (Å²) in [6.07, 6.45) is 3.84. The first-order valence-electron chi connectivity index (χ1n) is 9.18. The molecule has 0 radical (unpaired) electrons. The van der Waals surface area contributed by atoms with E-state index in [4.69, 9.17) is 17.0 Å². The maximum atomic E-state index is 12.2. The maximum absolute atomic E-state index is 12.2. The number of pyridine rings is 1. The predicted octanol–water partition coefficient (Wildman–Crippen LogP) is 3.71. The molecule has 0 saturated heterocycles. The number of carbonyl (C=O) groups excluding carboxylic acids is 2. The largest absolute Gasteiger partial charge is 0.462 e. The van der Waals surface area contributed by atoms with Crippen molar-refractivity contribution in [1.29, 1.82) is 0 Å². The van der Waals surface area contributed by atoms with E-state index >= 15 is 0 Å². The molecular formula is C21H25N3O3S. The van der Waals surface area contributed by atoms with E-state index in [1.165, 1.54) is 0 Å². The van der Waals surface area contributed by atoms with Gasteiger partial charge < -0.3 is 15.0 Å². The summed E-state index contributed by atoms with van der Waals surface area (Å²) in [5, 5.41) is 3.10. The molecule has 2 rings (SSSR count). The third-order valence-electron chi connectivity index (χ3n) is 3.84. The Bertz CT molecular complexity index is 807. The summed E-state index contributed by atoms with van der Waals surface area (Å²) in [5.74, 6) is -0.265. The van der Waals surface area contributed by atoms with Gasteiger partial charge in [0.2, 0.25) is 5.91 Å². The van der Waals surface area contributed by atoms with Crippen LogP contribution in [0.5, 0.6) is 0 Å². The van der Waals surface area contributed by atoms with Gasteiger partial charge in [-0.2, -0.15) is 0 Å². The second-order valence-corrected chi connectivity index (χ2v) is 7.05. The molecule has 0 bridgehead atoms. The highest BCUT2D eigenvalue weighted by Crippen LogP contribution is 2.19. The van der Waals surface area contributed by atoms with E-state index in [0.717, 1.165) is 11.3 Å². The van der Waals surface area contributed by atoms with Crippen molar-refractivity contribution >= 4 is 34.9 Å². The number of esters is 1. The zero-order valence-corrected chi connectivity index (χ0v) is 17.2. The van der Waals surface area contributed by atoms with Crippen molar-refractivity contribution in [3.63, 3.8) is 0 Å². The minimum absolute atomic E-state index is 0.126. The average Bonchev–Trinajstić information content (AvgIpc) is 2.66. The number of ether oxygens (including phenoxy) is 1. The summed E-state index contributed by atoms with van der Waals surface area (Å²) >= 11 is 5.49. The highest BCUT2D eigenvalue weighted by molar-refractivity contribution is 7.80. The van der Waals surface area contributed by atoms with E-state index in [0.29, 0.717) is 30.2 Å². The number of anilines is 1. The standard InChI is InChI=1S/C21H25N3O3S/c1-4-27-20(26)17-7-9-18(10-8-17)24(14-16-6-5-11-22-13-16)21(28)23-19(25)12-15(2)3/h5-11,13,15H,4,12,14H2,1-3H3,(H,23,25,28). The van der Waals surface area contributed by atoms with E-state index in [9.17, 15) is 9.59 Å². The fourth-order valence-corrected chi connectivity index (χ4v) is 2.84. The lowest BCUT2D eigenvalue weighted by atomic mass is 10.1. The average molecular weight is 400 g/mol. The molecule has 1 N–H and O–H groups in total. The lowest BCUT2D eigenvalue weighted by Crippen LogP contribution is -2.42. The van der Waals surface area contributed by atoms with Crippen LogP contribution >= 0.6 is 12.2 Å². The number of hydrogen-bond donors (Lipinski definition) is 1. The Hall–Kier alpha value is -2.80. The lowest BCUT2D eigenvalue weighted by molar-refractivity contribution is -0.120. The summed E-state index contributed by atoms with van der Waals surface area (Å²) in [7, 11) is 0. The van der Waals surface area contributed by atoms with Gasteiger partial charge in [-0.15, -0.1) is 0 Å². The Morgan fingerprint density at radius 1 is 1.21 bits per heavy atom. The number of nitrogens with one attached hydrogen (secondary N) is 1. The van der Waals surface area contributed by atoms with Crippen molar-refractivity contribution < 1.29 is 14.3 Å². The van der Waals surface area contributed by atoms with Crippen molar-refractivity contribution in [1.82, 2.24) is 10.3 Å². The summed E-state index contributed by atoms with van der Waals surface area (Å²) in [6, 6.07) is 10.7. The zero-order valence-electron chi connectivity index (χ0n) is 16.3. The van der Waals surface area contributed by atoms with E-state index in [1.54, 1.807) is 48.5 Å². The molecule has 1 aromatic carbocycles. The Balaban J connectivity index is 2.23. The molecule has 0 aliphatic carbocycles. The Morgan fingerprint density at radius 3 is 2.50 bits per heavy atom. The summed E-state index contributed by atoms with van der Waals surface area (Å²) in [5.41, 5.74) is 2.16. The van der Waals surface area contributed by atoms with Crippen LogP contribution in [0.1, 0.15) is 43.1 Å². The number of aromatic nitrogens is 1. The molecule has 2 aromatic rings. The first-order chi connectivity index (χ1) is 13.4. The van der Waals surface area contributed by atoms with Gasteiger partial charge in [-0.05, 0) is 61.0 Å². The lowest BCUT2D eigenvalue weighted by Gasteiger charge is -2.26. The topological polar surface area (TPSA) is 71.5 Å². The Kier molecular flexibility index (Phi) is 8.07. The molecule has 1 aromatic heterocycles. The van der Waals surface area contributed by atoms with Gasteiger partial charge in [-0.1, -0.05) is 19.9 Å². The minimum atomic E-state index is -0.374. The third-order valence-corrected chi connectivity index (χ3v) is 4.16. The van der Waals surface area contributed by atoms with Crippen LogP contribution in [0.2, 0.25) is 0 Å². The van der Waals surface area contributed by atoms with E-state index in [-0.39, 0.29) is 17.8 Å². The van der Waals surface area contributed by atoms with Gasteiger partial charge in [0.05, 0.1) is 18.7 Å². The van der Waals surface area contributed by atoms with Crippen LogP contribution in [0.15, 0.2) is 48.8 Å². The van der Waals surface area contributed by atoms with Crippen LogP contribution in [0, 0.1) is 5.92 Å². The fraction of sp³-hybridized carbons (Fsp3) is 0.333. The van der Waals surface area contributed by atoms with Gasteiger partial charge in [0.15, 0.2) is 5.11 Å². The molecule has 0 saturated carbocycles. The number of thiocarbonyl (C=S) groups is 1. The van der Waals surface area contributed by atoms with Crippen molar-refractivity contribution in [2.24, 2.45) is 5.92 Å². The van der Waals surface area contributed by atoms with Crippen LogP contribution in [0.3, 0.4) is 0 Å². The number of amides is 1. The molecule has 1 amide bonds. The van der Waals surface area contributed by atoms with E-state index < -0.39 is 0 Å². The normalized spacial score (nSPS) is 10.4. The first kappa shape index (κ1) is 21.5. The minimum Gasteiger partial charge on any atom is -0.462 e. The summed E-state index contributed by atoms with van der Waals surface area (Å²) in [6.45, 7) is 6.47. The highest BCUT2D eigenvalue weighted by atomic mass is 32.1. The van der Waals surface area contributed by atoms with Crippen LogP contribution in [0.25, 0.3) is 0 Å². The van der Waals surface area contributed by atoms with Crippen molar-refractivity contribution in [2.75, 3.05) is 11.5 Å². The molecule has 28 heavy (non-hydrogen) atoms. The number of rotatable bonds is 7. The first-order valence-corrected chi connectivity index (χ1v) is 9.59. The van der Waals surface area contributed by atoms with Gasteiger partial charge in [0.1, 0.15) is 0 Å². The van der Waals surface area contributed by atoms with Crippen molar-refractivity contribution in [2.45, 2.75) is 33.7 Å².